The molecule has 1 aromatic rings. The molecule has 6 heteroatoms. The molecular weight excluding hydrogens is 276 g/mol. The van der Waals surface area contributed by atoms with Crippen molar-refractivity contribution in [2.75, 3.05) is 25.9 Å². The predicted molar refractivity (Wildman–Crippen MR) is 77.2 cm³/mol. The molecule has 0 bridgehead atoms. The summed E-state index contributed by atoms with van der Waals surface area (Å²) in [6.07, 6.45) is 2.93. The monoisotopic (exact) mass is 296 g/mol. The van der Waals surface area contributed by atoms with E-state index in [2.05, 4.69) is 5.32 Å². The lowest BCUT2D eigenvalue weighted by Crippen LogP contribution is -2.53. The summed E-state index contributed by atoms with van der Waals surface area (Å²) in [6, 6.07) is 7.73. The van der Waals surface area contributed by atoms with Gasteiger partial charge < -0.3 is 10.1 Å². The van der Waals surface area contributed by atoms with Crippen molar-refractivity contribution in [2.45, 2.75) is 25.0 Å². The summed E-state index contributed by atoms with van der Waals surface area (Å²) in [5.74, 6) is 0.820. The van der Waals surface area contributed by atoms with E-state index in [1.165, 1.54) is 6.26 Å². The molecule has 20 heavy (non-hydrogen) atoms. The molecule has 1 N–H and O–H groups in total. The van der Waals surface area contributed by atoms with Crippen molar-refractivity contribution in [3.63, 3.8) is 0 Å². The number of ether oxygens (including phenoxy) is 1. The lowest BCUT2D eigenvalue weighted by molar-refractivity contribution is 0.0274. The van der Waals surface area contributed by atoms with Crippen molar-refractivity contribution >= 4 is 10.0 Å². The standard InChI is InChI=1S/C14H20N2O3S/c1-20(17,18)16-10-12-4-2-3-5-13(12)19-14(11-16)6-8-15-9-7-14/h2-5,15H,6-11H2,1H3. The third-order valence-electron chi connectivity index (χ3n) is 4.09. The Morgan fingerprint density at radius 3 is 2.65 bits per heavy atom. The Bertz CT molecular complexity index is 594. The number of rotatable bonds is 1. The van der Waals surface area contributed by atoms with Crippen molar-refractivity contribution in [3.8, 4) is 5.75 Å². The normalized spacial score (nSPS) is 22.9. The highest BCUT2D eigenvalue weighted by Crippen LogP contribution is 2.34. The molecule has 2 aliphatic heterocycles. The number of hydrogen-bond donors (Lipinski definition) is 1. The smallest absolute Gasteiger partial charge is 0.211 e. The molecule has 0 atom stereocenters. The van der Waals surface area contributed by atoms with Crippen LogP contribution < -0.4 is 10.1 Å². The summed E-state index contributed by atoms with van der Waals surface area (Å²) >= 11 is 0. The van der Waals surface area contributed by atoms with Gasteiger partial charge in [0.15, 0.2) is 0 Å². The van der Waals surface area contributed by atoms with Crippen LogP contribution in [0.25, 0.3) is 0 Å². The van der Waals surface area contributed by atoms with Crippen LogP contribution >= 0.6 is 0 Å². The predicted octanol–water partition coefficient (Wildman–Crippen LogP) is 0.963. The topological polar surface area (TPSA) is 58.6 Å². The van der Waals surface area contributed by atoms with E-state index in [0.29, 0.717) is 13.1 Å². The highest BCUT2D eigenvalue weighted by atomic mass is 32.2. The molecule has 110 valence electrons. The maximum absolute atomic E-state index is 12.0. The number of para-hydroxylation sites is 1. The Morgan fingerprint density at radius 1 is 1.25 bits per heavy atom. The number of piperidine rings is 1. The Labute approximate surface area is 120 Å². The van der Waals surface area contributed by atoms with Gasteiger partial charge in [-0.25, -0.2) is 8.42 Å². The third-order valence-corrected chi connectivity index (χ3v) is 5.29. The summed E-state index contributed by atoms with van der Waals surface area (Å²) < 4.78 is 31.9. The van der Waals surface area contributed by atoms with Crippen LogP contribution in [0, 0.1) is 0 Å². The molecule has 1 spiro atoms. The largest absolute Gasteiger partial charge is 0.485 e. The lowest BCUT2D eigenvalue weighted by Gasteiger charge is -2.38. The van der Waals surface area contributed by atoms with Gasteiger partial charge in [0.2, 0.25) is 10.0 Å². The van der Waals surface area contributed by atoms with Gasteiger partial charge in [-0.2, -0.15) is 4.31 Å². The Hall–Kier alpha value is -1.11. The number of hydrogen-bond acceptors (Lipinski definition) is 4. The summed E-state index contributed by atoms with van der Waals surface area (Å²) in [5.41, 5.74) is 0.536. The van der Waals surface area contributed by atoms with E-state index in [4.69, 9.17) is 4.74 Å². The fourth-order valence-electron chi connectivity index (χ4n) is 2.94. The molecule has 0 amide bonds. The summed E-state index contributed by atoms with van der Waals surface area (Å²) in [5, 5.41) is 3.31. The minimum absolute atomic E-state index is 0.393. The van der Waals surface area contributed by atoms with Gasteiger partial charge in [0.05, 0.1) is 12.8 Å². The molecular formula is C14H20N2O3S. The number of fused-ring (bicyclic) bond motifs is 1. The number of benzene rings is 1. The van der Waals surface area contributed by atoms with Crippen LogP contribution in [0.15, 0.2) is 24.3 Å². The third kappa shape index (κ3) is 2.68. The van der Waals surface area contributed by atoms with Gasteiger partial charge >= 0.3 is 0 Å². The van der Waals surface area contributed by atoms with Crippen molar-refractivity contribution in [1.29, 1.82) is 0 Å². The Morgan fingerprint density at radius 2 is 1.95 bits per heavy atom. The van der Waals surface area contributed by atoms with Crippen LogP contribution in [-0.4, -0.2) is 44.2 Å². The molecule has 0 radical (unpaired) electrons. The first kappa shape index (κ1) is 13.9. The van der Waals surface area contributed by atoms with E-state index >= 15 is 0 Å². The van der Waals surface area contributed by atoms with Crippen LogP contribution in [0.3, 0.4) is 0 Å². The molecule has 0 unspecified atom stereocenters. The highest BCUT2D eigenvalue weighted by Gasteiger charge is 2.41. The summed E-state index contributed by atoms with van der Waals surface area (Å²) in [4.78, 5) is 0. The minimum atomic E-state index is -3.23. The summed E-state index contributed by atoms with van der Waals surface area (Å²) in [7, 11) is -3.23. The number of nitrogens with zero attached hydrogens (tertiary/aromatic N) is 1. The molecule has 0 aliphatic carbocycles. The van der Waals surface area contributed by atoms with E-state index in [1.807, 2.05) is 24.3 Å². The molecule has 2 heterocycles. The van der Waals surface area contributed by atoms with E-state index in [1.54, 1.807) is 4.31 Å². The van der Waals surface area contributed by atoms with Crippen molar-refractivity contribution in [1.82, 2.24) is 9.62 Å². The van der Waals surface area contributed by atoms with Gasteiger partial charge in [-0.1, -0.05) is 18.2 Å². The Balaban J connectivity index is 2.02. The van der Waals surface area contributed by atoms with E-state index in [9.17, 15) is 8.42 Å². The first-order valence-electron chi connectivity index (χ1n) is 6.91. The zero-order chi connectivity index (χ0) is 14.2. The van der Waals surface area contributed by atoms with Crippen LogP contribution in [0.5, 0.6) is 5.75 Å². The van der Waals surface area contributed by atoms with Gasteiger partial charge in [0.25, 0.3) is 0 Å². The fourth-order valence-corrected chi connectivity index (χ4v) is 3.79. The lowest BCUT2D eigenvalue weighted by atomic mass is 9.92. The van der Waals surface area contributed by atoms with Gasteiger partial charge in [-0.3, -0.25) is 0 Å². The second-order valence-electron chi connectivity index (χ2n) is 5.67. The van der Waals surface area contributed by atoms with E-state index in [-0.39, 0.29) is 0 Å². The van der Waals surface area contributed by atoms with Gasteiger partial charge in [0, 0.05) is 24.9 Å². The van der Waals surface area contributed by atoms with Gasteiger partial charge in [0.1, 0.15) is 11.4 Å². The number of sulfonamides is 1. The Kier molecular flexibility index (Phi) is 3.48. The SMILES string of the molecule is CS(=O)(=O)N1Cc2ccccc2OC2(CCNCC2)C1. The van der Waals surface area contributed by atoms with Gasteiger partial charge in [-0.15, -0.1) is 0 Å². The molecule has 5 nitrogen and oxygen atoms in total. The molecule has 3 rings (SSSR count). The molecule has 0 saturated carbocycles. The second-order valence-corrected chi connectivity index (χ2v) is 7.66. The van der Waals surface area contributed by atoms with Crippen LogP contribution in [0.4, 0.5) is 0 Å². The molecule has 1 saturated heterocycles. The maximum atomic E-state index is 12.0. The number of nitrogens with one attached hydrogen (secondary N) is 1. The molecule has 2 aliphatic rings. The van der Waals surface area contributed by atoms with Crippen molar-refractivity contribution in [2.24, 2.45) is 0 Å². The first-order valence-corrected chi connectivity index (χ1v) is 8.76. The second kappa shape index (κ2) is 5.02. The zero-order valence-electron chi connectivity index (χ0n) is 11.6. The first-order chi connectivity index (χ1) is 9.49. The average molecular weight is 296 g/mol. The maximum Gasteiger partial charge on any atom is 0.211 e. The minimum Gasteiger partial charge on any atom is -0.485 e. The molecule has 0 aromatic heterocycles. The zero-order valence-corrected chi connectivity index (χ0v) is 12.4. The van der Waals surface area contributed by atoms with Crippen LogP contribution in [0.2, 0.25) is 0 Å². The van der Waals surface area contributed by atoms with Crippen molar-refractivity contribution in [3.05, 3.63) is 29.8 Å². The average Bonchev–Trinajstić information content (AvgIpc) is 2.55. The van der Waals surface area contributed by atoms with E-state index in [0.717, 1.165) is 37.2 Å². The van der Waals surface area contributed by atoms with Crippen LogP contribution in [0.1, 0.15) is 18.4 Å². The molecule has 1 aromatic carbocycles. The summed E-state index contributed by atoms with van der Waals surface area (Å²) in [6.45, 7) is 2.55. The van der Waals surface area contributed by atoms with Crippen molar-refractivity contribution < 1.29 is 13.2 Å². The fraction of sp³-hybridized carbons (Fsp3) is 0.571. The van der Waals surface area contributed by atoms with Gasteiger partial charge in [-0.05, 0) is 19.2 Å². The molecule has 1 fully saturated rings. The quantitative estimate of drug-likeness (QED) is 0.839. The highest BCUT2D eigenvalue weighted by molar-refractivity contribution is 7.88. The van der Waals surface area contributed by atoms with E-state index < -0.39 is 15.6 Å². The van der Waals surface area contributed by atoms with Crippen LogP contribution in [-0.2, 0) is 16.6 Å².